The molecule has 0 bridgehead atoms. The average Bonchev–Trinajstić information content (AvgIpc) is 2.66. The standard InChI is InChI=1S/C20H25N3O3/c1-13(2)18(20(25)22-14(3)17-7-5-6-12-21-17)23-19(24)15-8-10-16(26-4)11-9-15/h5-14,18H,1-4H3,(H,22,25)(H,23,24). The van der Waals surface area contributed by atoms with Crippen molar-refractivity contribution >= 4 is 11.8 Å². The van der Waals surface area contributed by atoms with Gasteiger partial charge >= 0.3 is 0 Å². The van der Waals surface area contributed by atoms with E-state index in [1.165, 1.54) is 0 Å². The molecule has 2 rings (SSSR count). The molecule has 2 N–H and O–H groups in total. The van der Waals surface area contributed by atoms with Gasteiger partial charge in [0.05, 0.1) is 18.8 Å². The maximum absolute atomic E-state index is 12.7. The van der Waals surface area contributed by atoms with Crippen molar-refractivity contribution in [1.29, 1.82) is 0 Å². The van der Waals surface area contributed by atoms with Gasteiger partial charge in [0.25, 0.3) is 5.91 Å². The van der Waals surface area contributed by atoms with Crippen molar-refractivity contribution in [2.75, 3.05) is 7.11 Å². The van der Waals surface area contributed by atoms with Crippen LogP contribution in [-0.2, 0) is 4.79 Å². The van der Waals surface area contributed by atoms with E-state index >= 15 is 0 Å². The van der Waals surface area contributed by atoms with E-state index in [9.17, 15) is 9.59 Å². The van der Waals surface area contributed by atoms with Gasteiger partial charge in [-0.1, -0.05) is 19.9 Å². The number of hydrogen-bond acceptors (Lipinski definition) is 4. The van der Waals surface area contributed by atoms with E-state index in [4.69, 9.17) is 4.74 Å². The monoisotopic (exact) mass is 355 g/mol. The van der Waals surface area contributed by atoms with Crippen LogP contribution in [0.15, 0.2) is 48.7 Å². The Labute approximate surface area is 154 Å². The molecule has 0 saturated heterocycles. The zero-order valence-corrected chi connectivity index (χ0v) is 15.5. The Kier molecular flexibility index (Phi) is 6.72. The quantitative estimate of drug-likeness (QED) is 0.800. The maximum Gasteiger partial charge on any atom is 0.251 e. The van der Waals surface area contributed by atoms with Crippen LogP contribution in [0.5, 0.6) is 5.75 Å². The zero-order valence-electron chi connectivity index (χ0n) is 15.5. The number of hydrogen-bond donors (Lipinski definition) is 2. The van der Waals surface area contributed by atoms with Crippen LogP contribution < -0.4 is 15.4 Å². The molecule has 26 heavy (non-hydrogen) atoms. The molecule has 2 unspecified atom stereocenters. The lowest BCUT2D eigenvalue weighted by Gasteiger charge is -2.24. The van der Waals surface area contributed by atoms with Crippen molar-refractivity contribution in [3.8, 4) is 5.75 Å². The highest BCUT2D eigenvalue weighted by atomic mass is 16.5. The Morgan fingerprint density at radius 3 is 2.23 bits per heavy atom. The minimum Gasteiger partial charge on any atom is -0.497 e. The number of pyridine rings is 1. The molecule has 0 saturated carbocycles. The third-order valence-corrected chi connectivity index (χ3v) is 4.08. The van der Waals surface area contributed by atoms with Gasteiger partial charge in [-0.2, -0.15) is 0 Å². The summed E-state index contributed by atoms with van der Waals surface area (Å²) in [4.78, 5) is 29.4. The molecule has 0 aliphatic carbocycles. The molecule has 2 atom stereocenters. The molecule has 1 aromatic carbocycles. The smallest absolute Gasteiger partial charge is 0.251 e. The number of methoxy groups -OCH3 is 1. The molecule has 0 spiro atoms. The van der Waals surface area contributed by atoms with E-state index in [1.807, 2.05) is 39.0 Å². The first kappa shape index (κ1) is 19.4. The van der Waals surface area contributed by atoms with Gasteiger partial charge in [-0.3, -0.25) is 14.6 Å². The summed E-state index contributed by atoms with van der Waals surface area (Å²) in [6.45, 7) is 5.65. The van der Waals surface area contributed by atoms with E-state index in [1.54, 1.807) is 37.6 Å². The van der Waals surface area contributed by atoms with Crippen LogP contribution in [0, 0.1) is 5.92 Å². The maximum atomic E-state index is 12.7. The SMILES string of the molecule is COc1ccc(C(=O)NC(C(=O)NC(C)c2ccccn2)C(C)C)cc1. The first-order chi connectivity index (χ1) is 12.4. The molecule has 6 heteroatoms. The fourth-order valence-electron chi connectivity index (χ4n) is 2.51. The number of aromatic nitrogens is 1. The van der Waals surface area contributed by atoms with Gasteiger partial charge in [-0.25, -0.2) is 0 Å². The molecular weight excluding hydrogens is 330 g/mol. The summed E-state index contributed by atoms with van der Waals surface area (Å²) in [5.41, 5.74) is 1.24. The molecule has 0 aliphatic heterocycles. The topological polar surface area (TPSA) is 80.3 Å². The van der Waals surface area contributed by atoms with Crippen molar-refractivity contribution in [1.82, 2.24) is 15.6 Å². The van der Waals surface area contributed by atoms with Crippen LogP contribution in [0.2, 0.25) is 0 Å². The van der Waals surface area contributed by atoms with Crippen LogP contribution in [0.3, 0.4) is 0 Å². The van der Waals surface area contributed by atoms with Crippen molar-refractivity contribution in [3.63, 3.8) is 0 Å². The number of rotatable bonds is 7. The molecule has 1 aromatic heterocycles. The Balaban J connectivity index is 2.04. The zero-order chi connectivity index (χ0) is 19.1. The molecule has 0 radical (unpaired) electrons. The van der Waals surface area contributed by atoms with Crippen molar-refractivity contribution < 1.29 is 14.3 Å². The van der Waals surface area contributed by atoms with Gasteiger partial charge in [0.15, 0.2) is 0 Å². The second-order valence-electron chi connectivity index (χ2n) is 6.41. The van der Waals surface area contributed by atoms with Gasteiger partial charge in [0, 0.05) is 11.8 Å². The van der Waals surface area contributed by atoms with Gasteiger partial charge in [-0.15, -0.1) is 0 Å². The third kappa shape index (κ3) is 5.05. The van der Waals surface area contributed by atoms with Gasteiger partial charge in [-0.05, 0) is 49.2 Å². The Morgan fingerprint density at radius 2 is 1.69 bits per heavy atom. The summed E-state index contributed by atoms with van der Waals surface area (Å²) in [6, 6.07) is 11.4. The minimum absolute atomic E-state index is 0.0619. The third-order valence-electron chi connectivity index (χ3n) is 4.08. The number of amides is 2. The summed E-state index contributed by atoms with van der Waals surface area (Å²) in [5, 5.41) is 5.73. The number of carbonyl (C=O) groups excluding carboxylic acids is 2. The first-order valence-electron chi connectivity index (χ1n) is 8.58. The Bertz CT molecular complexity index is 730. The molecule has 0 fully saturated rings. The minimum atomic E-state index is -0.643. The summed E-state index contributed by atoms with van der Waals surface area (Å²) in [6.07, 6.45) is 1.68. The van der Waals surface area contributed by atoms with E-state index < -0.39 is 6.04 Å². The fraction of sp³-hybridized carbons (Fsp3) is 0.350. The lowest BCUT2D eigenvalue weighted by Crippen LogP contribution is -2.50. The van der Waals surface area contributed by atoms with Crippen LogP contribution in [0.1, 0.15) is 42.9 Å². The van der Waals surface area contributed by atoms with Crippen molar-refractivity contribution in [2.24, 2.45) is 5.92 Å². The number of carbonyl (C=O) groups is 2. The number of ether oxygens (including phenoxy) is 1. The van der Waals surface area contributed by atoms with Crippen molar-refractivity contribution in [2.45, 2.75) is 32.9 Å². The van der Waals surface area contributed by atoms with E-state index in [-0.39, 0.29) is 23.8 Å². The summed E-state index contributed by atoms with van der Waals surface area (Å²) >= 11 is 0. The highest BCUT2D eigenvalue weighted by Crippen LogP contribution is 2.13. The second-order valence-corrected chi connectivity index (χ2v) is 6.41. The molecular formula is C20H25N3O3. The Hall–Kier alpha value is -2.89. The predicted octanol–water partition coefficient (Wildman–Crippen LogP) is 2.72. The molecule has 2 aromatic rings. The van der Waals surface area contributed by atoms with E-state index in [0.29, 0.717) is 11.3 Å². The summed E-state index contributed by atoms with van der Waals surface area (Å²) < 4.78 is 5.09. The normalized spacial score (nSPS) is 13.0. The molecule has 0 aliphatic rings. The highest BCUT2D eigenvalue weighted by molar-refractivity contribution is 5.97. The lowest BCUT2D eigenvalue weighted by molar-refractivity contribution is -0.124. The van der Waals surface area contributed by atoms with E-state index in [2.05, 4.69) is 15.6 Å². The highest BCUT2D eigenvalue weighted by Gasteiger charge is 2.26. The van der Waals surface area contributed by atoms with Crippen LogP contribution in [0.25, 0.3) is 0 Å². The number of nitrogens with zero attached hydrogens (tertiary/aromatic N) is 1. The number of nitrogens with one attached hydrogen (secondary N) is 2. The van der Waals surface area contributed by atoms with Gasteiger partial charge in [0.2, 0.25) is 5.91 Å². The summed E-state index contributed by atoms with van der Waals surface area (Å²) in [5.74, 6) is 0.0732. The number of benzene rings is 1. The Morgan fingerprint density at radius 1 is 1.00 bits per heavy atom. The molecule has 6 nitrogen and oxygen atoms in total. The predicted molar refractivity (Wildman–Crippen MR) is 99.9 cm³/mol. The first-order valence-corrected chi connectivity index (χ1v) is 8.58. The van der Waals surface area contributed by atoms with Crippen LogP contribution in [0.4, 0.5) is 0 Å². The average molecular weight is 355 g/mol. The van der Waals surface area contributed by atoms with Gasteiger partial charge < -0.3 is 15.4 Å². The fourth-order valence-corrected chi connectivity index (χ4v) is 2.51. The molecule has 138 valence electrons. The van der Waals surface area contributed by atoms with E-state index in [0.717, 1.165) is 5.69 Å². The van der Waals surface area contributed by atoms with Crippen molar-refractivity contribution in [3.05, 3.63) is 59.9 Å². The summed E-state index contributed by atoms with van der Waals surface area (Å²) in [7, 11) is 1.57. The largest absolute Gasteiger partial charge is 0.497 e. The van der Waals surface area contributed by atoms with Gasteiger partial charge in [0.1, 0.15) is 11.8 Å². The second kappa shape index (κ2) is 8.99. The lowest BCUT2D eigenvalue weighted by atomic mass is 10.0. The van der Waals surface area contributed by atoms with Crippen LogP contribution >= 0.6 is 0 Å². The molecule has 2 amide bonds. The molecule has 1 heterocycles. The van der Waals surface area contributed by atoms with Crippen LogP contribution in [-0.4, -0.2) is 29.9 Å².